The second-order valence-electron chi connectivity index (χ2n) is 10.3. The predicted octanol–water partition coefficient (Wildman–Crippen LogP) is 3.17. The SMILES string of the molecule is CC(=O)OC1CC[C@@]2(C)[C@H](CC[C@@H]3[C@@H]2CC[C@]2(C)C(C(C)=O)=CC(O)[C@@]32O)C1. The zero-order valence-corrected chi connectivity index (χ0v) is 17.5. The number of aliphatic hydroxyl groups is 2. The molecule has 8 atom stereocenters. The van der Waals surface area contributed by atoms with Crippen molar-refractivity contribution in [2.24, 2.45) is 28.6 Å². The Balaban J connectivity index is 1.63. The zero-order valence-electron chi connectivity index (χ0n) is 17.5. The molecule has 0 heterocycles. The lowest BCUT2D eigenvalue weighted by molar-refractivity contribution is -0.227. The van der Waals surface area contributed by atoms with E-state index in [9.17, 15) is 19.8 Å². The first kappa shape index (κ1) is 20.1. The number of aliphatic hydroxyl groups excluding tert-OH is 1. The smallest absolute Gasteiger partial charge is 0.302 e. The topological polar surface area (TPSA) is 83.8 Å². The molecular formula is C23H34O5. The molecule has 0 aromatic heterocycles. The maximum absolute atomic E-state index is 12.2. The Morgan fingerprint density at radius 1 is 1.07 bits per heavy atom. The Bertz CT molecular complexity index is 729. The van der Waals surface area contributed by atoms with Gasteiger partial charge in [-0.15, -0.1) is 0 Å². The highest BCUT2D eigenvalue weighted by atomic mass is 16.5. The monoisotopic (exact) mass is 390 g/mol. The van der Waals surface area contributed by atoms with Crippen molar-refractivity contribution in [1.29, 1.82) is 0 Å². The number of esters is 1. The molecule has 0 aromatic carbocycles. The third-order valence-corrected chi connectivity index (χ3v) is 9.13. The highest BCUT2D eigenvalue weighted by molar-refractivity contribution is 5.96. The lowest BCUT2D eigenvalue weighted by Crippen LogP contribution is -2.65. The predicted molar refractivity (Wildman–Crippen MR) is 104 cm³/mol. The average Bonchev–Trinajstić information content (AvgIpc) is 2.83. The minimum atomic E-state index is -1.27. The largest absolute Gasteiger partial charge is 0.463 e. The third-order valence-electron chi connectivity index (χ3n) is 9.13. The molecule has 28 heavy (non-hydrogen) atoms. The van der Waals surface area contributed by atoms with E-state index in [0.29, 0.717) is 17.4 Å². The molecule has 0 aliphatic heterocycles. The highest BCUT2D eigenvalue weighted by Gasteiger charge is 2.68. The van der Waals surface area contributed by atoms with Crippen molar-refractivity contribution in [1.82, 2.24) is 0 Å². The van der Waals surface area contributed by atoms with E-state index in [1.807, 2.05) is 6.92 Å². The van der Waals surface area contributed by atoms with Crippen LogP contribution in [-0.4, -0.2) is 39.8 Å². The van der Waals surface area contributed by atoms with Crippen LogP contribution in [0.15, 0.2) is 11.6 Å². The molecular weight excluding hydrogens is 356 g/mol. The fourth-order valence-corrected chi connectivity index (χ4v) is 7.68. The molecule has 4 rings (SSSR count). The van der Waals surface area contributed by atoms with Crippen LogP contribution in [0.4, 0.5) is 0 Å². The van der Waals surface area contributed by atoms with Crippen molar-refractivity contribution < 1.29 is 24.5 Å². The maximum Gasteiger partial charge on any atom is 0.302 e. The van der Waals surface area contributed by atoms with Crippen LogP contribution in [0.1, 0.15) is 72.6 Å². The van der Waals surface area contributed by atoms with Gasteiger partial charge in [-0.2, -0.15) is 0 Å². The van der Waals surface area contributed by atoms with Crippen LogP contribution < -0.4 is 0 Å². The van der Waals surface area contributed by atoms with Crippen LogP contribution in [0.2, 0.25) is 0 Å². The van der Waals surface area contributed by atoms with Crippen LogP contribution in [0, 0.1) is 28.6 Å². The Morgan fingerprint density at radius 2 is 1.79 bits per heavy atom. The Labute approximate surface area is 167 Å². The van der Waals surface area contributed by atoms with E-state index in [1.165, 1.54) is 13.8 Å². The van der Waals surface area contributed by atoms with Gasteiger partial charge in [-0.25, -0.2) is 0 Å². The van der Waals surface area contributed by atoms with Gasteiger partial charge in [0.2, 0.25) is 0 Å². The van der Waals surface area contributed by atoms with E-state index >= 15 is 0 Å². The molecule has 156 valence electrons. The van der Waals surface area contributed by atoms with Gasteiger partial charge in [0.1, 0.15) is 17.8 Å². The second-order valence-corrected chi connectivity index (χ2v) is 10.3. The summed E-state index contributed by atoms with van der Waals surface area (Å²) < 4.78 is 5.51. The standard InChI is InChI=1S/C23H34O5/c1-13(24)19-12-20(26)23(27)18-6-5-15-11-16(28-14(2)25)7-9-21(15,3)17(18)8-10-22(19,23)4/h12,15-18,20,26-27H,5-11H2,1-4H3/t15-,16?,17+,18-,20?,21+,22-,23+/m1/s1. The summed E-state index contributed by atoms with van der Waals surface area (Å²) in [6, 6.07) is 0. The molecule has 0 saturated heterocycles. The summed E-state index contributed by atoms with van der Waals surface area (Å²) in [5.74, 6) is 0.524. The summed E-state index contributed by atoms with van der Waals surface area (Å²) in [4.78, 5) is 23.6. The van der Waals surface area contributed by atoms with Gasteiger partial charge in [0.05, 0.1) is 0 Å². The van der Waals surface area contributed by atoms with Crippen molar-refractivity contribution in [3.8, 4) is 0 Å². The zero-order chi connectivity index (χ0) is 20.5. The number of hydrogen-bond donors (Lipinski definition) is 2. The molecule has 0 radical (unpaired) electrons. The quantitative estimate of drug-likeness (QED) is 0.708. The lowest BCUT2D eigenvalue weighted by atomic mass is 9.43. The molecule has 4 aliphatic rings. The minimum Gasteiger partial charge on any atom is -0.463 e. The van der Waals surface area contributed by atoms with Gasteiger partial charge >= 0.3 is 5.97 Å². The molecule has 4 aliphatic carbocycles. The van der Waals surface area contributed by atoms with Crippen molar-refractivity contribution in [3.63, 3.8) is 0 Å². The second kappa shape index (κ2) is 6.40. The van der Waals surface area contributed by atoms with E-state index in [1.54, 1.807) is 6.08 Å². The molecule has 2 N–H and O–H groups in total. The van der Waals surface area contributed by atoms with Crippen LogP contribution in [0.5, 0.6) is 0 Å². The summed E-state index contributed by atoms with van der Waals surface area (Å²) in [6.07, 6.45) is 6.89. The van der Waals surface area contributed by atoms with E-state index in [-0.39, 0.29) is 29.2 Å². The fourth-order valence-electron chi connectivity index (χ4n) is 7.68. The molecule has 5 nitrogen and oxygen atoms in total. The average molecular weight is 391 g/mol. The van der Waals surface area contributed by atoms with Crippen molar-refractivity contribution in [2.75, 3.05) is 0 Å². The van der Waals surface area contributed by atoms with Gasteiger partial charge in [-0.1, -0.05) is 13.8 Å². The highest BCUT2D eigenvalue weighted by Crippen LogP contribution is 2.67. The number of carbonyl (C=O) groups is 2. The van der Waals surface area contributed by atoms with Crippen LogP contribution in [0.25, 0.3) is 0 Å². The van der Waals surface area contributed by atoms with Crippen LogP contribution >= 0.6 is 0 Å². The number of carbonyl (C=O) groups excluding carboxylic acids is 2. The molecule has 5 heteroatoms. The number of Topliss-reactive ketones (excluding diaryl/α,β-unsaturated/α-hetero) is 1. The molecule has 0 bridgehead atoms. The third kappa shape index (κ3) is 2.51. The Hall–Kier alpha value is -1.20. The fraction of sp³-hybridized carbons (Fsp3) is 0.826. The summed E-state index contributed by atoms with van der Waals surface area (Å²) >= 11 is 0. The molecule has 0 aromatic rings. The number of hydrogen-bond acceptors (Lipinski definition) is 5. The molecule has 0 amide bonds. The molecule has 0 spiro atoms. The van der Waals surface area contributed by atoms with E-state index in [2.05, 4.69) is 6.92 Å². The summed E-state index contributed by atoms with van der Waals surface area (Å²) in [5, 5.41) is 22.8. The Kier molecular flexibility index (Phi) is 4.59. The van der Waals surface area contributed by atoms with E-state index in [4.69, 9.17) is 4.74 Å². The van der Waals surface area contributed by atoms with Gasteiger partial charge < -0.3 is 14.9 Å². The van der Waals surface area contributed by atoms with Crippen LogP contribution in [0.3, 0.4) is 0 Å². The van der Waals surface area contributed by atoms with Gasteiger partial charge in [-0.05, 0) is 81.1 Å². The maximum atomic E-state index is 12.2. The summed E-state index contributed by atoms with van der Waals surface area (Å²) in [6.45, 7) is 7.32. The van der Waals surface area contributed by atoms with Crippen molar-refractivity contribution in [3.05, 3.63) is 11.6 Å². The summed E-state index contributed by atoms with van der Waals surface area (Å²) in [7, 11) is 0. The Morgan fingerprint density at radius 3 is 2.43 bits per heavy atom. The van der Waals surface area contributed by atoms with E-state index < -0.39 is 17.1 Å². The summed E-state index contributed by atoms with van der Waals surface area (Å²) in [5.41, 5.74) is -1.25. The van der Waals surface area contributed by atoms with Gasteiger partial charge in [0.15, 0.2) is 5.78 Å². The van der Waals surface area contributed by atoms with E-state index in [0.717, 1.165) is 44.9 Å². The molecule has 2 unspecified atom stereocenters. The minimum absolute atomic E-state index is 0.00659. The lowest BCUT2D eigenvalue weighted by Gasteiger charge is -2.63. The van der Waals surface area contributed by atoms with Gasteiger partial charge in [0, 0.05) is 17.9 Å². The number of ketones is 1. The van der Waals surface area contributed by atoms with Crippen molar-refractivity contribution in [2.45, 2.75) is 90.4 Å². The number of ether oxygens (including phenoxy) is 1. The first-order valence-electron chi connectivity index (χ1n) is 10.8. The van der Waals surface area contributed by atoms with Crippen LogP contribution in [-0.2, 0) is 14.3 Å². The molecule has 3 saturated carbocycles. The normalized spacial score (nSPS) is 50.1. The number of fused-ring (bicyclic) bond motifs is 5. The number of rotatable bonds is 2. The molecule has 3 fully saturated rings. The first-order chi connectivity index (χ1) is 13.0. The van der Waals surface area contributed by atoms with Gasteiger partial charge in [-0.3, -0.25) is 9.59 Å². The first-order valence-corrected chi connectivity index (χ1v) is 10.8. The van der Waals surface area contributed by atoms with Gasteiger partial charge in [0.25, 0.3) is 0 Å². The van der Waals surface area contributed by atoms with Crippen molar-refractivity contribution >= 4 is 11.8 Å².